The van der Waals surface area contributed by atoms with Crippen molar-refractivity contribution in [3.05, 3.63) is 64.6 Å². The van der Waals surface area contributed by atoms with Gasteiger partial charge in [0.2, 0.25) is 0 Å². The van der Waals surface area contributed by atoms with Crippen LogP contribution in [-0.4, -0.2) is 38.3 Å². The van der Waals surface area contributed by atoms with Crippen molar-refractivity contribution in [3.8, 4) is 11.3 Å². The number of nitrogens with zero attached hydrogens (tertiary/aromatic N) is 3. The van der Waals surface area contributed by atoms with E-state index in [4.69, 9.17) is 0 Å². The fourth-order valence-corrected chi connectivity index (χ4v) is 4.52. The van der Waals surface area contributed by atoms with Crippen molar-refractivity contribution < 1.29 is 9.66 Å². The predicted molar refractivity (Wildman–Crippen MR) is 119 cm³/mol. The zero-order valence-corrected chi connectivity index (χ0v) is 18.5. The van der Waals surface area contributed by atoms with Gasteiger partial charge in [0, 0.05) is 29.2 Å². The van der Waals surface area contributed by atoms with Crippen molar-refractivity contribution in [3.63, 3.8) is 0 Å². The molecule has 1 saturated heterocycles. The Morgan fingerprint density at radius 1 is 1.10 bits per heavy atom. The lowest BCUT2D eigenvalue weighted by atomic mass is 9.97. The van der Waals surface area contributed by atoms with Gasteiger partial charge in [0.1, 0.15) is 17.2 Å². The molecule has 1 unspecified atom stereocenters. The van der Waals surface area contributed by atoms with Crippen LogP contribution in [-0.2, 0) is 11.4 Å². The van der Waals surface area contributed by atoms with Gasteiger partial charge in [0.25, 0.3) is 5.03 Å². The minimum absolute atomic E-state index is 0.413. The summed E-state index contributed by atoms with van der Waals surface area (Å²) in [6, 6.07) is 17.0. The molecule has 4 rings (SSSR count). The second-order valence-corrected chi connectivity index (χ2v) is 9.41. The third-order valence-electron chi connectivity index (χ3n) is 4.73. The molecule has 0 saturated carbocycles. The maximum atomic E-state index is 12.8. The quantitative estimate of drug-likeness (QED) is 0.547. The number of anilines is 2. The number of aliphatic hydroxyl groups is 1. The Hall–Kier alpha value is -2.13. The molecule has 1 atom stereocenters. The van der Waals surface area contributed by atoms with Crippen LogP contribution in [0, 0.1) is 6.92 Å². The predicted octanol–water partition coefficient (Wildman–Crippen LogP) is 3.92. The Morgan fingerprint density at radius 2 is 1.86 bits per heavy atom. The summed E-state index contributed by atoms with van der Waals surface area (Å²) in [6.45, 7) is 4.84. The normalized spacial score (nSPS) is 16.2. The Morgan fingerprint density at radius 3 is 2.59 bits per heavy atom. The van der Waals surface area contributed by atoms with Crippen LogP contribution in [0.25, 0.3) is 11.3 Å². The minimum atomic E-state index is -1.56. The fourth-order valence-electron chi connectivity index (χ4n) is 3.30. The van der Waals surface area contributed by atoms with E-state index < -0.39 is 17.0 Å². The molecule has 1 aliphatic rings. The molecule has 0 aliphatic carbocycles. The first-order valence-electron chi connectivity index (χ1n) is 9.18. The van der Waals surface area contributed by atoms with Crippen LogP contribution < -0.4 is 9.62 Å². The van der Waals surface area contributed by atoms with E-state index in [0.29, 0.717) is 29.8 Å². The highest BCUT2D eigenvalue weighted by Gasteiger charge is 2.37. The average Bonchev–Trinajstić information content (AvgIpc) is 2.68. The van der Waals surface area contributed by atoms with E-state index in [9.17, 15) is 9.66 Å². The summed E-state index contributed by atoms with van der Waals surface area (Å²) in [5.74, 6) is 1.21. The lowest BCUT2D eigenvalue weighted by Crippen LogP contribution is -2.60. The highest BCUT2D eigenvalue weighted by molar-refractivity contribution is 9.10. The van der Waals surface area contributed by atoms with E-state index in [-0.39, 0.29) is 0 Å². The first kappa shape index (κ1) is 20.2. The number of pyridine rings is 2. The zero-order chi connectivity index (χ0) is 20.6. The molecule has 8 heteroatoms. The number of aryl methyl sites for hydroxylation is 1. The van der Waals surface area contributed by atoms with Crippen molar-refractivity contribution in [2.24, 2.45) is 0 Å². The maximum absolute atomic E-state index is 12.8. The van der Waals surface area contributed by atoms with E-state index in [2.05, 4.69) is 30.6 Å². The summed E-state index contributed by atoms with van der Waals surface area (Å²) in [5, 5.41) is 10.3. The van der Waals surface area contributed by atoms with Gasteiger partial charge in [-0.1, -0.05) is 30.3 Å². The van der Waals surface area contributed by atoms with Gasteiger partial charge in [-0.05, 0) is 53.5 Å². The third kappa shape index (κ3) is 4.40. The number of halogens is 1. The zero-order valence-electron chi connectivity index (χ0n) is 16.1. The molecular formula is C21H21BrN4O2S. The van der Waals surface area contributed by atoms with E-state index >= 15 is 0 Å². The van der Waals surface area contributed by atoms with Gasteiger partial charge in [0.05, 0.1) is 11.3 Å². The Balaban J connectivity index is 1.54. The second-order valence-electron chi connectivity index (χ2n) is 7.40. The Bertz CT molecular complexity index is 1040. The van der Waals surface area contributed by atoms with Gasteiger partial charge in [-0.15, -0.1) is 0 Å². The molecule has 0 spiro atoms. The van der Waals surface area contributed by atoms with Gasteiger partial charge in [-0.2, -0.15) is 9.71 Å². The van der Waals surface area contributed by atoms with Crippen molar-refractivity contribution in [2.75, 3.05) is 22.7 Å². The summed E-state index contributed by atoms with van der Waals surface area (Å²) >= 11 is 1.99. The number of aromatic nitrogens is 2. The lowest BCUT2D eigenvalue weighted by molar-refractivity contribution is 0.0305. The van der Waals surface area contributed by atoms with E-state index in [1.807, 2.05) is 54.3 Å². The van der Waals surface area contributed by atoms with E-state index in [1.54, 1.807) is 19.1 Å². The molecule has 150 valence electrons. The number of nitrogens with one attached hydrogen (secondary N) is 1. The fraction of sp³-hybridized carbons (Fsp3) is 0.238. The van der Waals surface area contributed by atoms with Gasteiger partial charge in [0.15, 0.2) is 5.82 Å². The highest BCUT2D eigenvalue weighted by Crippen LogP contribution is 2.31. The van der Waals surface area contributed by atoms with Crippen molar-refractivity contribution in [1.29, 1.82) is 0 Å². The van der Waals surface area contributed by atoms with Crippen molar-refractivity contribution in [2.45, 2.75) is 24.5 Å². The van der Waals surface area contributed by atoms with Crippen LogP contribution >= 0.6 is 15.9 Å². The molecule has 0 radical (unpaired) electrons. The van der Waals surface area contributed by atoms with Gasteiger partial charge >= 0.3 is 0 Å². The molecule has 6 nitrogen and oxygen atoms in total. The van der Waals surface area contributed by atoms with Crippen LogP contribution in [0.15, 0.2) is 64.1 Å². The molecular weight excluding hydrogens is 452 g/mol. The van der Waals surface area contributed by atoms with Gasteiger partial charge < -0.3 is 14.6 Å². The lowest BCUT2D eigenvalue weighted by Gasteiger charge is -2.44. The number of hydrogen-bond acceptors (Lipinski definition) is 6. The first-order chi connectivity index (χ1) is 13.8. The first-order valence-corrected chi connectivity index (χ1v) is 11.1. The molecule has 0 bridgehead atoms. The van der Waals surface area contributed by atoms with Crippen LogP contribution in [0.2, 0.25) is 0 Å². The number of benzene rings is 1. The smallest absolute Gasteiger partial charge is 0.273 e. The topological polar surface area (TPSA) is 84.3 Å². The summed E-state index contributed by atoms with van der Waals surface area (Å²) < 4.78 is 16.7. The molecule has 2 aromatic heterocycles. The molecule has 1 aliphatic heterocycles. The molecule has 29 heavy (non-hydrogen) atoms. The highest BCUT2D eigenvalue weighted by atomic mass is 79.9. The third-order valence-corrected chi connectivity index (χ3v) is 6.37. The minimum Gasteiger partial charge on any atom is -0.587 e. The standard InChI is InChI=1S/C21H21BrN4O2S/c1-14-6-3-4-7-15(14)20-16(22)10-11-17(23-20)25-29(28)19-9-5-8-18(24-19)26-12-21(2,27)13-26/h3-11,27H,12-13H2,1-2H3,(H,23,25). The summed E-state index contributed by atoms with van der Waals surface area (Å²) in [4.78, 5) is 11.1. The van der Waals surface area contributed by atoms with Crippen LogP contribution in [0.4, 0.5) is 11.6 Å². The van der Waals surface area contributed by atoms with Gasteiger partial charge in [-0.25, -0.2) is 4.98 Å². The van der Waals surface area contributed by atoms with Crippen molar-refractivity contribution in [1.82, 2.24) is 9.97 Å². The second kappa shape index (κ2) is 7.95. The largest absolute Gasteiger partial charge is 0.587 e. The molecule has 3 aromatic rings. The molecule has 1 fully saturated rings. The number of β-amino-alcohol motifs (C(OH)–C–C–N with tert-alkyl or cyclic N) is 1. The summed E-state index contributed by atoms with van der Waals surface area (Å²) in [5.41, 5.74) is 2.22. The Kier molecular flexibility index (Phi) is 5.52. The van der Waals surface area contributed by atoms with Gasteiger partial charge in [-0.3, -0.25) is 0 Å². The molecule has 3 heterocycles. The maximum Gasteiger partial charge on any atom is 0.273 e. The van der Waals surface area contributed by atoms with Crippen molar-refractivity contribution >= 4 is 38.9 Å². The average molecular weight is 473 g/mol. The van der Waals surface area contributed by atoms with Crippen LogP contribution in [0.3, 0.4) is 0 Å². The van der Waals surface area contributed by atoms with Crippen LogP contribution in [0.5, 0.6) is 0 Å². The number of hydrogen-bond donors (Lipinski definition) is 2. The monoisotopic (exact) mass is 472 g/mol. The number of rotatable bonds is 5. The Labute approximate surface area is 181 Å². The van der Waals surface area contributed by atoms with E-state index in [0.717, 1.165) is 21.3 Å². The molecule has 2 N–H and O–H groups in total. The van der Waals surface area contributed by atoms with E-state index in [1.165, 1.54) is 0 Å². The summed E-state index contributed by atoms with van der Waals surface area (Å²) in [7, 11) is 0. The summed E-state index contributed by atoms with van der Waals surface area (Å²) in [6.07, 6.45) is 0. The molecule has 0 amide bonds. The SMILES string of the molecule is Cc1ccccc1-c1nc(N[S+]([O-])c2cccc(N3CC(C)(O)C3)n2)ccc1Br. The molecule has 1 aromatic carbocycles. The van der Waals surface area contributed by atoms with Crippen LogP contribution in [0.1, 0.15) is 12.5 Å².